The average Bonchev–Trinajstić information content (AvgIpc) is 2.90. The van der Waals surface area contributed by atoms with Gasteiger partial charge < -0.3 is 4.90 Å². The van der Waals surface area contributed by atoms with Crippen LogP contribution >= 0.6 is 24.0 Å². The highest BCUT2D eigenvalue weighted by atomic mass is 32.2. The average molecular weight is 431 g/mol. The Balaban J connectivity index is 2.29. The van der Waals surface area contributed by atoms with Crippen LogP contribution in [-0.2, 0) is 11.3 Å². The molecule has 154 valence electrons. The molecule has 29 heavy (non-hydrogen) atoms. The fourth-order valence-electron chi connectivity index (χ4n) is 4.29. The number of nitriles is 1. The number of carbonyl (C=O) groups excluding carboxylic acids is 1. The molecule has 0 aliphatic carbocycles. The number of piperidine rings is 1. The molecule has 2 aliphatic heterocycles. The van der Waals surface area contributed by atoms with E-state index in [-0.39, 0.29) is 17.0 Å². The summed E-state index contributed by atoms with van der Waals surface area (Å²) >= 11 is 6.51. The first kappa shape index (κ1) is 21.6. The van der Waals surface area contributed by atoms with E-state index < -0.39 is 0 Å². The zero-order chi connectivity index (χ0) is 21.5. The van der Waals surface area contributed by atoms with Crippen molar-refractivity contribution >= 4 is 46.1 Å². The molecule has 3 rings (SSSR count). The number of thiocarbonyl (C=S) groups is 1. The molecule has 0 bridgehead atoms. The Morgan fingerprint density at radius 2 is 1.90 bits per heavy atom. The van der Waals surface area contributed by atoms with E-state index in [1.165, 1.54) is 16.7 Å². The van der Waals surface area contributed by atoms with Crippen LogP contribution in [-0.4, -0.2) is 39.8 Å². The molecule has 1 aromatic heterocycles. The second kappa shape index (κ2) is 8.33. The predicted molar refractivity (Wildman–Crippen MR) is 122 cm³/mol. The zero-order valence-electron chi connectivity index (χ0n) is 17.5. The second-order valence-electron chi connectivity index (χ2n) is 7.99. The summed E-state index contributed by atoms with van der Waals surface area (Å²) in [4.78, 5) is 29.8. The third-order valence-electron chi connectivity index (χ3n) is 5.59. The van der Waals surface area contributed by atoms with Crippen molar-refractivity contribution in [3.8, 4) is 6.07 Å². The third-order valence-corrected chi connectivity index (χ3v) is 7.08. The van der Waals surface area contributed by atoms with Gasteiger partial charge in [0.05, 0.1) is 4.91 Å². The fourth-order valence-corrected chi connectivity index (χ4v) is 5.45. The van der Waals surface area contributed by atoms with Crippen LogP contribution in [0.3, 0.4) is 0 Å². The van der Waals surface area contributed by atoms with Gasteiger partial charge in [0, 0.05) is 32.2 Å². The molecule has 2 unspecified atom stereocenters. The van der Waals surface area contributed by atoms with E-state index in [0.717, 1.165) is 30.9 Å². The van der Waals surface area contributed by atoms with Gasteiger partial charge in [-0.05, 0) is 43.7 Å². The van der Waals surface area contributed by atoms with Gasteiger partial charge in [-0.3, -0.25) is 19.1 Å². The summed E-state index contributed by atoms with van der Waals surface area (Å²) in [5.41, 5.74) is 1.24. The second-order valence-corrected chi connectivity index (χ2v) is 9.67. The van der Waals surface area contributed by atoms with Crippen molar-refractivity contribution < 1.29 is 4.79 Å². The molecule has 2 fully saturated rings. The van der Waals surface area contributed by atoms with Gasteiger partial charge >= 0.3 is 0 Å². The van der Waals surface area contributed by atoms with Crippen molar-refractivity contribution in [2.75, 3.05) is 25.0 Å². The van der Waals surface area contributed by atoms with Crippen LogP contribution in [0.1, 0.15) is 43.9 Å². The number of aromatic nitrogens is 1. The Morgan fingerprint density at radius 3 is 2.38 bits per heavy atom. The molecule has 0 aromatic carbocycles. The summed E-state index contributed by atoms with van der Waals surface area (Å²) < 4.78 is 2.18. The lowest BCUT2D eigenvalue weighted by atomic mass is 9.91. The summed E-state index contributed by atoms with van der Waals surface area (Å²) in [6.45, 7) is 10.3. The molecular formula is C21H26N4O2S2. The smallest absolute Gasteiger partial charge is 0.270 e. The minimum absolute atomic E-state index is 0.131. The van der Waals surface area contributed by atoms with Crippen molar-refractivity contribution in [3.63, 3.8) is 0 Å². The Kier molecular flexibility index (Phi) is 6.20. The van der Waals surface area contributed by atoms with E-state index in [1.54, 1.807) is 18.5 Å². The Labute approximate surface area is 181 Å². The van der Waals surface area contributed by atoms with E-state index in [1.807, 2.05) is 13.0 Å². The molecule has 0 saturated carbocycles. The van der Waals surface area contributed by atoms with Crippen molar-refractivity contribution in [1.82, 2.24) is 9.47 Å². The van der Waals surface area contributed by atoms with Crippen LogP contribution in [0.15, 0.2) is 9.70 Å². The first-order valence-corrected chi connectivity index (χ1v) is 11.1. The summed E-state index contributed by atoms with van der Waals surface area (Å²) in [6.07, 6.45) is 2.95. The molecule has 6 nitrogen and oxygen atoms in total. The molecule has 2 aliphatic rings. The fraction of sp³-hybridized carbons (Fsp3) is 0.524. The summed E-state index contributed by atoms with van der Waals surface area (Å²) in [6, 6.07) is 2.07. The van der Waals surface area contributed by atoms with Crippen LogP contribution in [0.2, 0.25) is 0 Å². The van der Waals surface area contributed by atoms with Crippen molar-refractivity contribution in [1.29, 1.82) is 5.26 Å². The van der Waals surface area contributed by atoms with E-state index in [9.17, 15) is 14.9 Å². The van der Waals surface area contributed by atoms with E-state index in [2.05, 4.69) is 24.8 Å². The minimum atomic E-state index is -0.270. The highest BCUT2D eigenvalue weighted by Gasteiger charge is 2.32. The summed E-state index contributed by atoms with van der Waals surface area (Å²) in [5, 5.41) is 9.63. The number of hydrogen-bond donors (Lipinski definition) is 0. The van der Waals surface area contributed by atoms with Gasteiger partial charge in [-0.1, -0.05) is 37.8 Å². The normalized spacial score (nSPS) is 23.8. The van der Waals surface area contributed by atoms with Gasteiger partial charge in [0.25, 0.3) is 11.5 Å². The standard InChI is InChI=1S/C21H26N4O2S2/c1-6-25-18(24-10-12(2)7-13(3)11-24)15(14(4)16(9-22)19(25)26)8-17-20(27)23(5)21(28)29-17/h8,12-13H,6-7,10-11H2,1-5H3/b17-8+. The highest BCUT2D eigenvalue weighted by molar-refractivity contribution is 8.26. The largest absolute Gasteiger partial charge is 0.357 e. The quantitative estimate of drug-likeness (QED) is 0.541. The molecule has 0 radical (unpaired) electrons. The molecule has 8 heteroatoms. The van der Waals surface area contributed by atoms with Crippen LogP contribution in [0.25, 0.3) is 6.08 Å². The van der Waals surface area contributed by atoms with E-state index in [4.69, 9.17) is 12.2 Å². The Bertz CT molecular complexity index is 995. The lowest BCUT2D eigenvalue weighted by molar-refractivity contribution is -0.121. The predicted octanol–water partition coefficient (Wildman–Crippen LogP) is 3.36. The maximum absolute atomic E-state index is 13.0. The number of pyridine rings is 1. The molecule has 3 heterocycles. The molecule has 1 amide bonds. The van der Waals surface area contributed by atoms with Crippen LogP contribution in [0.5, 0.6) is 0 Å². The lowest BCUT2D eigenvalue weighted by Crippen LogP contribution is -2.42. The van der Waals surface area contributed by atoms with Gasteiger partial charge in [-0.15, -0.1) is 0 Å². The number of thioether (sulfide) groups is 1. The number of carbonyl (C=O) groups is 1. The zero-order valence-corrected chi connectivity index (χ0v) is 19.1. The van der Waals surface area contributed by atoms with Crippen LogP contribution in [0.4, 0.5) is 5.82 Å². The SMILES string of the molecule is CCn1c(N2CC(C)CC(C)C2)c(/C=C2/SC(=S)N(C)C2=O)c(C)c(C#N)c1=O. The van der Waals surface area contributed by atoms with Crippen LogP contribution in [0, 0.1) is 30.1 Å². The van der Waals surface area contributed by atoms with Crippen LogP contribution < -0.4 is 10.5 Å². The van der Waals surface area contributed by atoms with E-state index in [0.29, 0.717) is 33.2 Å². The molecule has 0 N–H and O–H groups in total. The van der Waals surface area contributed by atoms with Gasteiger partial charge in [0.15, 0.2) is 0 Å². The third kappa shape index (κ3) is 3.86. The number of nitrogens with zero attached hydrogens (tertiary/aromatic N) is 4. The Morgan fingerprint density at radius 1 is 1.28 bits per heavy atom. The number of likely N-dealkylation sites (N-methyl/N-ethyl adjacent to an activating group) is 1. The number of anilines is 1. The van der Waals surface area contributed by atoms with Crippen molar-refractivity contribution in [3.05, 3.63) is 31.9 Å². The molecule has 0 spiro atoms. The minimum Gasteiger partial charge on any atom is -0.357 e. The molecule has 1 aromatic rings. The summed E-state index contributed by atoms with van der Waals surface area (Å²) in [5.74, 6) is 1.64. The molecular weight excluding hydrogens is 404 g/mol. The Hall–Kier alpha value is -2.11. The molecule has 2 atom stereocenters. The van der Waals surface area contributed by atoms with Gasteiger partial charge in [0.2, 0.25) is 0 Å². The maximum atomic E-state index is 13.0. The van der Waals surface area contributed by atoms with Gasteiger partial charge in [-0.2, -0.15) is 5.26 Å². The van der Waals surface area contributed by atoms with Gasteiger partial charge in [0.1, 0.15) is 21.8 Å². The first-order valence-electron chi connectivity index (χ1n) is 9.83. The lowest BCUT2D eigenvalue weighted by Gasteiger charge is -2.38. The first-order chi connectivity index (χ1) is 13.7. The number of hydrogen-bond acceptors (Lipinski definition) is 6. The highest BCUT2D eigenvalue weighted by Crippen LogP contribution is 2.36. The molecule has 2 saturated heterocycles. The van der Waals surface area contributed by atoms with Crippen molar-refractivity contribution in [2.45, 2.75) is 40.7 Å². The maximum Gasteiger partial charge on any atom is 0.270 e. The number of amides is 1. The van der Waals surface area contributed by atoms with Gasteiger partial charge in [-0.25, -0.2) is 0 Å². The number of rotatable bonds is 3. The topological polar surface area (TPSA) is 69.3 Å². The monoisotopic (exact) mass is 430 g/mol. The van der Waals surface area contributed by atoms with E-state index >= 15 is 0 Å². The van der Waals surface area contributed by atoms with Crippen molar-refractivity contribution in [2.24, 2.45) is 11.8 Å². The summed E-state index contributed by atoms with van der Waals surface area (Å²) in [7, 11) is 1.66.